The van der Waals surface area contributed by atoms with Crippen LogP contribution in [0.3, 0.4) is 0 Å². The van der Waals surface area contributed by atoms with Crippen LogP contribution in [0.2, 0.25) is 0 Å². The summed E-state index contributed by atoms with van der Waals surface area (Å²) in [6, 6.07) is 2.17. The Hall–Kier alpha value is -1.73. The third-order valence-corrected chi connectivity index (χ3v) is 5.54. The number of nitrogens with zero attached hydrogens (tertiary/aromatic N) is 4. The number of thiophene rings is 1. The summed E-state index contributed by atoms with van der Waals surface area (Å²) in [7, 11) is 1.87. The van der Waals surface area contributed by atoms with Gasteiger partial charge in [-0.3, -0.25) is 9.69 Å². The molecule has 128 valence electrons. The lowest BCUT2D eigenvalue weighted by atomic mass is 10.2. The first-order chi connectivity index (χ1) is 11.7. The fraction of sp³-hybridized carbons (Fsp3) is 0.588. The second kappa shape index (κ2) is 6.64. The summed E-state index contributed by atoms with van der Waals surface area (Å²) in [5.41, 5.74) is 1.18. The molecule has 0 spiro atoms. The number of likely N-dealkylation sites (N-methyl/N-ethyl adjacent to an activating group) is 1. The Labute approximate surface area is 145 Å². The van der Waals surface area contributed by atoms with Crippen LogP contribution < -0.4 is 0 Å². The highest BCUT2D eigenvalue weighted by molar-refractivity contribution is 7.07. The molecule has 3 heterocycles. The SMILES string of the molecule is CN(Cc1ccsc1)C(=O)CN1CCCC1c1noc(C2CC2)n1. The van der Waals surface area contributed by atoms with Crippen molar-refractivity contribution in [1.82, 2.24) is 19.9 Å². The van der Waals surface area contributed by atoms with E-state index in [1.54, 1.807) is 16.2 Å². The minimum Gasteiger partial charge on any atom is -0.340 e. The Morgan fingerprint density at radius 1 is 1.46 bits per heavy atom. The fourth-order valence-corrected chi connectivity index (χ4v) is 3.89. The van der Waals surface area contributed by atoms with E-state index in [2.05, 4.69) is 26.5 Å². The van der Waals surface area contributed by atoms with Crippen LogP contribution in [0.5, 0.6) is 0 Å². The zero-order chi connectivity index (χ0) is 16.5. The summed E-state index contributed by atoms with van der Waals surface area (Å²) in [5.74, 6) is 2.14. The van der Waals surface area contributed by atoms with Gasteiger partial charge in [-0.05, 0) is 54.6 Å². The van der Waals surface area contributed by atoms with Gasteiger partial charge in [-0.1, -0.05) is 5.16 Å². The molecule has 1 saturated carbocycles. The van der Waals surface area contributed by atoms with Gasteiger partial charge < -0.3 is 9.42 Å². The molecule has 2 fully saturated rings. The Morgan fingerprint density at radius 3 is 3.08 bits per heavy atom. The second-order valence-corrected chi connectivity index (χ2v) is 7.56. The van der Waals surface area contributed by atoms with Crippen LogP contribution in [0.4, 0.5) is 0 Å². The highest BCUT2D eigenvalue weighted by Crippen LogP contribution is 2.40. The zero-order valence-electron chi connectivity index (χ0n) is 13.9. The van der Waals surface area contributed by atoms with Crippen molar-refractivity contribution < 1.29 is 9.32 Å². The third-order valence-electron chi connectivity index (χ3n) is 4.81. The van der Waals surface area contributed by atoms with Gasteiger partial charge >= 0.3 is 0 Å². The van der Waals surface area contributed by atoms with Crippen LogP contribution in [0, 0.1) is 0 Å². The fourth-order valence-electron chi connectivity index (χ4n) is 3.23. The number of aromatic nitrogens is 2. The van der Waals surface area contributed by atoms with Crippen molar-refractivity contribution in [3.63, 3.8) is 0 Å². The topological polar surface area (TPSA) is 62.5 Å². The average Bonchev–Trinajstić information content (AvgIpc) is 2.97. The number of carbonyl (C=O) groups excluding carboxylic acids is 1. The molecule has 7 heteroatoms. The Morgan fingerprint density at radius 2 is 2.33 bits per heavy atom. The lowest BCUT2D eigenvalue weighted by Gasteiger charge is -2.24. The molecule has 24 heavy (non-hydrogen) atoms. The summed E-state index contributed by atoms with van der Waals surface area (Å²) in [4.78, 5) is 21.1. The molecule has 1 aliphatic heterocycles. The predicted octanol–water partition coefficient (Wildman–Crippen LogP) is 2.80. The van der Waals surface area contributed by atoms with Crippen molar-refractivity contribution >= 4 is 17.2 Å². The van der Waals surface area contributed by atoms with Crippen molar-refractivity contribution in [3.05, 3.63) is 34.1 Å². The van der Waals surface area contributed by atoms with Crippen LogP contribution in [0.25, 0.3) is 0 Å². The summed E-state index contributed by atoms with van der Waals surface area (Å²) in [5, 5.41) is 8.30. The number of carbonyl (C=O) groups is 1. The van der Waals surface area contributed by atoms with E-state index in [1.165, 1.54) is 5.56 Å². The van der Waals surface area contributed by atoms with E-state index in [-0.39, 0.29) is 11.9 Å². The molecule has 2 aromatic heterocycles. The van der Waals surface area contributed by atoms with Gasteiger partial charge in [0.25, 0.3) is 0 Å². The molecule has 6 nitrogen and oxygen atoms in total. The monoisotopic (exact) mass is 346 g/mol. The molecule has 0 bridgehead atoms. The van der Waals surface area contributed by atoms with Crippen LogP contribution >= 0.6 is 11.3 Å². The number of hydrogen-bond acceptors (Lipinski definition) is 6. The van der Waals surface area contributed by atoms with Crippen molar-refractivity contribution in [1.29, 1.82) is 0 Å². The van der Waals surface area contributed by atoms with E-state index < -0.39 is 0 Å². The first-order valence-corrected chi connectivity index (χ1v) is 9.47. The lowest BCUT2D eigenvalue weighted by molar-refractivity contribution is -0.131. The molecule has 1 unspecified atom stereocenters. The van der Waals surface area contributed by atoms with E-state index in [4.69, 9.17) is 4.52 Å². The largest absolute Gasteiger partial charge is 0.340 e. The van der Waals surface area contributed by atoms with E-state index in [0.717, 1.165) is 43.9 Å². The molecule has 2 aromatic rings. The Bertz CT molecular complexity index is 695. The molecule has 1 amide bonds. The molecule has 1 aliphatic carbocycles. The van der Waals surface area contributed by atoms with Crippen molar-refractivity contribution in [2.24, 2.45) is 0 Å². The predicted molar refractivity (Wildman–Crippen MR) is 90.6 cm³/mol. The standard InChI is InChI=1S/C17H22N4O2S/c1-20(9-12-6-8-24-11-12)15(22)10-21-7-2-3-14(21)16-18-17(23-19-16)13-4-5-13/h6,8,11,13-14H,2-5,7,9-10H2,1H3. The molecule has 2 aliphatic rings. The summed E-state index contributed by atoms with van der Waals surface area (Å²) in [6.45, 7) is 1.99. The average molecular weight is 346 g/mol. The van der Waals surface area contributed by atoms with Crippen LogP contribution in [-0.4, -0.2) is 46.0 Å². The van der Waals surface area contributed by atoms with E-state index in [0.29, 0.717) is 19.0 Å². The maximum atomic E-state index is 12.5. The molecular weight excluding hydrogens is 324 g/mol. The summed E-state index contributed by atoms with van der Waals surface area (Å²) in [6.07, 6.45) is 4.37. The quantitative estimate of drug-likeness (QED) is 0.805. The molecule has 1 saturated heterocycles. The first kappa shape index (κ1) is 15.8. The minimum atomic E-state index is 0.111. The van der Waals surface area contributed by atoms with Gasteiger partial charge in [-0.15, -0.1) is 0 Å². The van der Waals surface area contributed by atoms with E-state index in [9.17, 15) is 4.79 Å². The molecular formula is C17H22N4O2S. The first-order valence-electron chi connectivity index (χ1n) is 8.53. The maximum Gasteiger partial charge on any atom is 0.236 e. The highest BCUT2D eigenvalue weighted by Gasteiger charge is 2.35. The number of rotatable bonds is 6. The van der Waals surface area contributed by atoms with Crippen molar-refractivity contribution in [2.45, 2.75) is 44.2 Å². The highest BCUT2D eigenvalue weighted by atomic mass is 32.1. The van der Waals surface area contributed by atoms with Crippen molar-refractivity contribution in [3.8, 4) is 0 Å². The van der Waals surface area contributed by atoms with Gasteiger partial charge in [0, 0.05) is 19.5 Å². The smallest absolute Gasteiger partial charge is 0.236 e. The van der Waals surface area contributed by atoms with E-state index >= 15 is 0 Å². The second-order valence-electron chi connectivity index (χ2n) is 6.77. The maximum absolute atomic E-state index is 12.5. The van der Waals surface area contributed by atoms with Gasteiger partial charge in [-0.25, -0.2) is 0 Å². The Kier molecular flexibility index (Phi) is 4.37. The van der Waals surface area contributed by atoms with Crippen LogP contribution in [0.15, 0.2) is 21.3 Å². The number of amides is 1. The summed E-state index contributed by atoms with van der Waals surface area (Å²) >= 11 is 1.66. The number of likely N-dealkylation sites (tertiary alicyclic amines) is 1. The zero-order valence-corrected chi connectivity index (χ0v) is 14.7. The molecule has 4 rings (SSSR count). The third kappa shape index (κ3) is 3.37. The van der Waals surface area contributed by atoms with Gasteiger partial charge in [0.05, 0.1) is 12.6 Å². The van der Waals surface area contributed by atoms with E-state index in [1.807, 2.05) is 12.4 Å². The Balaban J connectivity index is 1.38. The van der Waals surface area contributed by atoms with Gasteiger partial charge in [0.1, 0.15) is 0 Å². The molecule has 0 N–H and O–H groups in total. The molecule has 1 atom stereocenters. The normalized spacial score (nSPS) is 21.3. The van der Waals surface area contributed by atoms with Gasteiger partial charge in [0.2, 0.25) is 11.8 Å². The van der Waals surface area contributed by atoms with Gasteiger partial charge in [-0.2, -0.15) is 16.3 Å². The van der Waals surface area contributed by atoms with Gasteiger partial charge in [0.15, 0.2) is 5.82 Å². The van der Waals surface area contributed by atoms with Crippen LogP contribution in [-0.2, 0) is 11.3 Å². The van der Waals surface area contributed by atoms with Crippen molar-refractivity contribution in [2.75, 3.05) is 20.1 Å². The summed E-state index contributed by atoms with van der Waals surface area (Å²) < 4.78 is 5.39. The lowest BCUT2D eigenvalue weighted by Crippen LogP contribution is -2.38. The van der Waals surface area contributed by atoms with Crippen LogP contribution in [0.1, 0.15) is 54.9 Å². The molecule has 0 radical (unpaired) electrons. The minimum absolute atomic E-state index is 0.111. The molecule has 0 aromatic carbocycles. The number of hydrogen-bond donors (Lipinski definition) is 0.